The molecule has 0 aromatic heterocycles. The Morgan fingerprint density at radius 3 is 2.33 bits per heavy atom. The van der Waals surface area contributed by atoms with Crippen LogP contribution >= 0.6 is 0 Å². The number of rotatable bonds is 3. The molecule has 1 heteroatoms. The Morgan fingerprint density at radius 2 is 1.83 bits per heavy atom. The van der Waals surface area contributed by atoms with Crippen molar-refractivity contribution in [2.75, 3.05) is 0 Å². The fraction of sp³-hybridized carbons (Fsp3) is 1.00. The van der Waals surface area contributed by atoms with E-state index in [1.54, 1.807) is 0 Å². The predicted molar refractivity (Wildman–Crippen MR) is 51.8 cm³/mol. The highest BCUT2D eigenvalue weighted by Gasteiger charge is 2.47. The molecule has 1 nitrogen and oxygen atoms in total. The fourth-order valence-electron chi connectivity index (χ4n) is 2.81. The second kappa shape index (κ2) is 3.02. The minimum absolute atomic E-state index is 0.489. The maximum Gasteiger partial charge on any atom is 0.00931 e. The average molecular weight is 167 g/mol. The molecule has 70 valence electrons. The molecule has 4 atom stereocenters. The Bertz CT molecular complexity index is 156. The van der Waals surface area contributed by atoms with Crippen molar-refractivity contribution < 1.29 is 0 Å². The van der Waals surface area contributed by atoms with Gasteiger partial charge in [-0.25, -0.2) is 0 Å². The summed E-state index contributed by atoms with van der Waals surface area (Å²) in [4.78, 5) is 0. The zero-order chi connectivity index (χ0) is 8.72. The fourth-order valence-corrected chi connectivity index (χ4v) is 2.81. The second-order valence-corrected chi connectivity index (χ2v) is 4.95. The molecule has 0 spiro atoms. The summed E-state index contributed by atoms with van der Waals surface area (Å²) < 4.78 is 0. The third kappa shape index (κ3) is 1.39. The van der Waals surface area contributed by atoms with Crippen molar-refractivity contribution in [2.45, 2.75) is 45.6 Å². The van der Waals surface area contributed by atoms with Crippen molar-refractivity contribution in [1.29, 1.82) is 0 Å². The third-order valence-electron chi connectivity index (χ3n) is 4.13. The largest absolute Gasteiger partial charge is 0.327 e. The number of hydrogen-bond donors (Lipinski definition) is 1. The molecule has 2 fully saturated rings. The van der Waals surface area contributed by atoms with E-state index in [0.717, 1.165) is 23.7 Å². The first kappa shape index (κ1) is 8.55. The Kier molecular flexibility index (Phi) is 2.16. The number of nitrogens with two attached hydrogens (primary N) is 1. The molecule has 2 saturated carbocycles. The smallest absolute Gasteiger partial charge is 0.00931 e. The maximum atomic E-state index is 6.22. The van der Waals surface area contributed by atoms with Gasteiger partial charge in [0.2, 0.25) is 0 Å². The lowest BCUT2D eigenvalue weighted by molar-refractivity contribution is 0.304. The highest BCUT2D eigenvalue weighted by molar-refractivity contribution is 4.99. The van der Waals surface area contributed by atoms with E-state index in [1.807, 2.05) is 0 Å². The van der Waals surface area contributed by atoms with Crippen LogP contribution in [0, 0.1) is 23.7 Å². The molecule has 0 heterocycles. The first-order valence-corrected chi connectivity index (χ1v) is 5.48. The van der Waals surface area contributed by atoms with E-state index >= 15 is 0 Å². The molecule has 0 aliphatic heterocycles. The zero-order valence-electron chi connectivity index (χ0n) is 8.29. The Morgan fingerprint density at radius 1 is 1.25 bits per heavy atom. The van der Waals surface area contributed by atoms with E-state index in [2.05, 4.69) is 13.8 Å². The highest BCUT2D eigenvalue weighted by atomic mass is 14.7. The molecule has 0 bridgehead atoms. The molecule has 4 unspecified atom stereocenters. The zero-order valence-corrected chi connectivity index (χ0v) is 8.29. The van der Waals surface area contributed by atoms with Gasteiger partial charge in [-0.05, 0) is 42.9 Å². The van der Waals surface area contributed by atoms with Crippen molar-refractivity contribution in [3.8, 4) is 0 Å². The van der Waals surface area contributed by atoms with Crippen LogP contribution in [0.25, 0.3) is 0 Å². The quantitative estimate of drug-likeness (QED) is 0.686. The molecular formula is C11H21N. The summed E-state index contributed by atoms with van der Waals surface area (Å²) in [6, 6.07) is 0.489. The molecule has 0 amide bonds. The van der Waals surface area contributed by atoms with E-state index in [-0.39, 0.29) is 0 Å². The van der Waals surface area contributed by atoms with Crippen molar-refractivity contribution in [1.82, 2.24) is 0 Å². The second-order valence-electron chi connectivity index (χ2n) is 4.95. The van der Waals surface area contributed by atoms with Crippen LogP contribution in [-0.4, -0.2) is 6.04 Å². The molecule has 2 rings (SSSR count). The van der Waals surface area contributed by atoms with Crippen LogP contribution in [-0.2, 0) is 0 Å². The summed E-state index contributed by atoms with van der Waals surface area (Å²) in [7, 11) is 0. The summed E-state index contributed by atoms with van der Waals surface area (Å²) in [6.45, 7) is 4.55. The summed E-state index contributed by atoms with van der Waals surface area (Å²) in [6.07, 6.45) is 5.64. The molecule has 2 aliphatic carbocycles. The van der Waals surface area contributed by atoms with Crippen molar-refractivity contribution >= 4 is 0 Å². The minimum atomic E-state index is 0.489. The van der Waals surface area contributed by atoms with Gasteiger partial charge in [-0.2, -0.15) is 0 Å². The Hall–Kier alpha value is -0.0400. The van der Waals surface area contributed by atoms with Gasteiger partial charge in [0.1, 0.15) is 0 Å². The summed E-state index contributed by atoms with van der Waals surface area (Å²) in [5.74, 6) is 3.77. The third-order valence-corrected chi connectivity index (χ3v) is 4.13. The summed E-state index contributed by atoms with van der Waals surface area (Å²) >= 11 is 0. The van der Waals surface area contributed by atoms with Gasteiger partial charge in [-0.3, -0.25) is 0 Å². The van der Waals surface area contributed by atoms with Crippen LogP contribution in [0.4, 0.5) is 0 Å². The minimum Gasteiger partial charge on any atom is -0.327 e. The van der Waals surface area contributed by atoms with Crippen LogP contribution in [0.3, 0.4) is 0 Å². The lowest BCUT2D eigenvalue weighted by Crippen LogP contribution is -2.35. The first-order valence-electron chi connectivity index (χ1n) is 5.48. The molecule has 0 aromatic carbocycles. The molecule has 0 radical (unpaired) electrons. The molecule has 0 saturated heterocycles. The predicted octanol–water partition coefficient (Wildman–Crippen LogP) is 2.41. The lowest BCUT2D eigenvalue weighted by atomic mass is 9.85. The van der Waals surface area contributed by atoms with E-state index in [4.69, 9.17) is 5.73 Å². The molecule has 0 aromatic rings. The van der Waals surface area contributed by atoms with Gasteiger partial charge in [-0.15, -0.1) is 0 Å². The van der Waals surface area contributed by atoms with E-state index in [9.17, 15) is 0 Å². The lowest BCUT2D eigenvalue weighted by Gasteiger charge is -2.25. The van der Waals surface area contributed by atoms with Crippen LogP contribution in [0.1, 0.15) is 39.5 Å². The highest BCUT2D eigenvalue weighted by Crippen LogP contribution is 2.55. The SMILES string of the molecule is CCC(C)C(N)C1CC2CC2C1. The summed E-state index contributed by atoms with van der Waals surface area (Å²) in [5.41, 5.74) is 6.22. The van der Waals surface area contributed by atoms with Crippen LogP contribution in [0.15, 0.2) is 0 Å². The molecule has 2 N–H and O–H groups in total. The standard InChI is InChI=1S/C11H21N/c1-3-7(2)11(12)10-5-8-4-9(8)6-10/h7-11H,3-6,12H2,1-2H3. The van der Waals surface area contributed by atoms with Crippen LogP contribution < -0.4 is 5.73 Å². The number of hydrogen-bond acceptors (Lipinski definition) is 1. The first-order chi connectivity index (χ1) is 5.72. The Balaban J connectivity index is 1.84. The van der Waals surface area contributed by atoms with Gasteiger partial charge in [0.25, 0.3) is 0 Å². The van der Waals surface area contributed by atoms with Gasteiger partial charge in [0.15, 0.2) is 0 Å². The van der Waals surface area contributed by atoms with E-state index in [0.29, 0.717) is 6.04 Å². The number of fused-ring (bicyclic) bond motifs is 1. The van der Waals surface area contributed by atoms with Crippen molar-refractivity contribution in [3.63, 3.8) is 0 Å². The molecular weight excluding hydrogens is 146 g/mol. The van der Waals surface area contributed by atoms with Crippen LogP contribution in [0.5, 0.6) is 0 Å². The monoisotopic (exact) mass is 167 g/mol. The normalized spacial score (nSPS) is 43.8. The topological polar surface area (TPSA) is 26.0 Å². The van der Waals surface area contributed by atoms with Crippen molar-refractivity contribution in [2.24, 2.45) is 29.4 Å². The van der Waals surface area contributed by atoms with Gasteiger partial charge in [0.05, 0.1) is 0 Å². The molecule has 2 aliphatic rings. The average Bonchev–Trinajstić information content (AvgIpc) is 2.71. The Labute approximate surface area is 75.7 Å². The van der Waals surface area contributed by atoms with Gasteiger partial charge in [-0.1, -0.05) is 20.3 Å². The summed E-state index contributed by atoms with van der Waals surface area (Å²) in [5, 5.41) is 0. The van der Waals surface area contributed by atoms with E-state index in [1.165, 1.54) is 25.7 Å². The van der Waals surface area contributed by atoms with Crippen LogP contribution in [0.2, 0.25) is 0 Å². The maximum absolute atomic E-state index is 6.22. The van der Waals surface area contributed by atoms with E-state index < -0.39 is 0 Å². The van der Waals surface area contributed by atoms with Crippen molar-refractivity contribution in [3.05, 3.63) is 0 Å². The van der Waals surface area contributed by atoms with Gasteiger partial charge < -0.3 is 5.73 Å². The van der Waals surface area contributed by atoms with Gasteiger partial charge >= 0.3 is 0 Å². The molecule has 12 heavy (non-hydrogen) atoms. The van der Waals surface area contributed by atoms with Gasteiger partial charge in [0, 0.05) is 6.04 Å².